The van der Waals surface area contributed by atoms with E-state index in [2.05, 4.69) is 26.2 Å². The summed E-state index contributed by atoms with van der Waals surface area (Å²) in [7, 11) is 0. The van der Waals surface area contributed by atoms with Gasteiger partial charge in [-0.05, 0) is 71.4 Å². The first-order valence-corrected chi connectivity index (χ1v) is 10.7. The monoisotopic (exact) mass is 468 g/mol. The molecule has 0 aliphatic carbocycles. The lowest BCUT2D eigenvalue weighted by Gasteiger charge is -2.09. The maximum Gasteiger partial charge on any atom is 0.293 e. The van der Waals surface area contributed by atoms with Crippen LogP contribution in [0.15, 0.2) is 83.5 Å². The van der Waals surface area contributed by atoms with Crippen molar-refractivity contribution in [3.05, 3.63) is 90.4 Å². The van der Waals surface area contributed by atoms with E-state index in [9.17, 15) is 9.59 Å². The third-order valence-corrected chi connectivity index (χ3v) is 5.16. The highest BCUT2D eigenvalue weighted by Gasteiger charge is 2.22. The Bertz CT molecular complexity index is 1490. The number of furan rings is 1. The summed E-state index contributed by atoms with van der Waals surface area (Å²) in [6, 6.07) is 21.5. The van der Waals surface area contributed by atoms with Gasteiger partial charge in [0.2, 0.25) is 5.76 Å². The van der Waals surface area contributed by atoms with Crippen molar-refractivity contribution in [2.45, 2.75) is 6.92 Å². The summed E-state index contributed by atoms with van der Waals surface area (Å²) < 4.78 is 12.9. The summed E-state index contributed by atoms with van der Waals surface area (Å²) >= 11 is 0. The molecule has 10 nitrogen and oxygen atoms in total. The third kappa shape index (κ3) is 4.86. The molecule has 0 fully saturated rings. The van der Waals surface area contributed by atoms with Gasteiger partial charge in [0.15, 0.2) is 6.61 Å². The summed E-state index contributed by atoms with van der Waals surface area (Å²) in [6.45, 7) is 1.67. The second-order valence-electron chi connectivity index (χ2n) is 7.71. The SMILES string of the molecule is Cc1cccc(NC(=O)c2oc3ccccc3c2NC(=O)COc2ccc(-n3cnnn3)cc2)c1. The summed E-state index contributed by atoms with van der Waals surface area (Å²) in [5.41, 5.74) is 3.15. The first kappa shape index (κ1) is 21.8. The molecule has 0 aliphatic rings. The highest BCUT2D eigenvalue weighted by Crippen LogP contribution is 2.31. The van der Waals surface area contributed by atoms with E-state index < -0.39 is 11.8 Å². The molecule has 3 aromatic carbocycles. The number of rotatable bonds is 7. The molecule has 0 atom stereocenters. The molecule has 0 saturated carbocycles. The van der Waals surface area contributed by atoms with Crippen LogP contribution in [-0.2, 0) is 4.79 Å². The number of hydrogen-bond donors (Lipinski definition) is 2. The van der Waals surface area contributed by atoms with Gasteiger partial charge in [0.25, 0.3) is 11.8 Å². The molecule has 0 bridgehead atoms. The van der Waals surface area contributed by atoms with Crippen LogP contribution >= 0.6 is 0 Å². The lowest BCUT2D eigenvalue weighted by Crippen LogP contribution is -2.22. The molecular weight excluding hydrogens is 448 g/mol. The molecule has 10 heteroatoms. The minimum absolute atomic E-state index is 0.00634. The van der Waals surface area contributed by atoms with Gasteiger partial charge >= 0.3 is 0 Å². The van der Waals surface area contributed by atoms with Crippen LogP contribution in [0.25, 0.3) is 16.7 Å². The lowest BCUT2D eigenvalue weighted by atomic mass is 10.2. The molecule has 0 aliphatic heterocycles. The van der Waals surface area contributed by atoms with Crippen LogP contribution in [0.2, 0.25) is 0 Å². The van der Waals surface area contributed by atoms with Crippen molar-refractivity contribution in [3.63, 3.8) is 0 Å². The smallest absolute Gasteiger partial charge is 0.293 e. The van der Waals surface area contributed by atoms with Crippen molar-refractivity contribution < 1.29 is 18.7 Å². The van der Waals surface area contributed by atoms with Crippen LogP contribution in [0.3, 0.4) is 0 Å². The average molecular weight is 468 g/mol. The largest absolute Gasteiger partial charge is 0.484 e. The number of carbonyl (C=O) groups excluding carboxylic acids is 2. The average Bonchev–Trinajstić information content (AvgIpc) is 3.52. The van der Waals surface area contributed by atoms with E-state index >= 15 is 0 Å². The van der Waals surface area contributed by atoms with Gasteiger partial charge in [0.1, 0.15) is 23.3 Å². The Balaban J connectivity index is 1.30. The highest BCUT2D eigenvalue weighted by atomic mass is 16.5. The number of aryl methyl sites for hydroxylation is 1. The van der Waals surface area contributed by atoms with Crippen LogP contribution in [0.4, 0.5) is 11.4 Å². The van der Waals surface area contributed by atoms with Gasteiger partial charge in [-0.1, -0.05) is 24.3 Å². The van der Waals surface area contributed by atoms with E-state index in [-0.39, 0.29) is 18.1 Å². The Morgan fingerprint density at radius 3 is 2.60 bits per heavy atom. The Hall–Kier alpha value is -4.99. The number of fused-ring (bicyclic) bond motifs is 1. The summed E-state index contributed by atoms with van der Waals surface area (Å²) in [5.74, 6) is -0.412. The van der Waals surface area contributed by atoms with Crippen LogP contribution < -0.4 is 15.4 Å². The summed E-state index contributed by atoms with van der Waals surface area (Å²) in [6.07, 6.45) is 1.48. The number of benzene rings is 3. The molecule has 0 radical (unpaired) electrons. The molecule has 5 rings (SSSR count). The number of carbonyl (C=O) groups is 2. The molecule has 0 spiro atoms. The van der Waals surface area contributed by atoms with Gasteiger partial charge in [0, 0.05) is 11.1 Å². The number of tetrazole rings is 1. The fraction of sp³-hybridized carbons (Fsp3) is 0.0800. The molecular formula is C25H20N6O4. The van der Waals surface area contributed by atoms with E-state index in [1.165, 1.54) is 11.0 Å². The zero-order valence-corrected chi connectivity index (χ0v) is 18.6. The van der Waals surface area contributed by atoms with E-state index in [1.807, 2.05) is 25.1 Å². The van der Waals surface area contributed by atoms with E-state index in [0.717, 1.165) is 11.3 Å². The Morgan fingerprint density at radius 1 is 1.00 bits per heavy atom. The summed E-state index contributed by atoms with van der Waals surface area (Å²) in [5, 5.41) is 17.2. The Kier molecular flexibility index (Phi) is 5.91. The standard InChI is InChI=1S/C25H20N6O4/c1-16-5-4-6-17(13-16)27-25(33)24-23(20-7-2-3-8-21(20)35-24)28-22(32)14-34-19-11-9-18(10-12-19)31-15-26-29-30-31/h2-13,15H,14H2,1H3,(H,27,33)(H,28,32). The molecule has 174 valence electrons. The van der Waals surface area contributed by atoms with Crippen LogP contribution in [0, 0.1) is 6.92 Å². The first-order chi connectivity index (χ1) is 17.1. The number of aromatic nitrogens is 4. The fourth-order valence-electron chi connectivity index (χ4n) is 3.54. The Morgan fingerprint density at radius 2 is 1.83 bits per heavy atom. The van der Waals surface area contributed by atoms with Gasteiger partial charge in [-0.15, -0.1) is 5.10 Å². The maximum absolute atomic E-state index is 13.0. The van der Waals surface area contributed by atoms with E-state index in [4.69, 9.17) is 9.15 Å². The molecule has 2 N–H and O–H groups in total. The molecule has 35 heavy (non-hydrogen) atoms. The molecule has 2 aromatic heterocycles. The predicted molar refractivity (Wildman–Crippen MR) is 129 cm³/mol. The normalized spacial score (nSPS) is 10.8. The zero-order chi connectivity index (χ0) is 24.2. The van der Waals surface area contributed by atoms with E-state index in [1.54, 1.807) is 54.6 Å². The van der Waals surface area contributed by atoms with Crippen molar-refractivity contribution in [1.29, 1.82) is 0 Å². The molecule has 0 saturated heterocycles. The lowest BCUT2D eigenvalue weighted by molar-refractivity contribution is -0.118. The highest BCUT2D eigenvalue weighted by molar-refractivity contribution is 6.14. The topological polar surface area (TPSA) is 124 Å². The number of ether oxygens (including phenoxy) is 1. The molecule has 2 heterocycles. The second-order valence-corrected chi connectivity index (χ2v) is 7.71. The first-order valence-electron chi connectivity index (χ1n) is 10.7. The van der Waals surface area contributed by atoms with Crippen LogP contribution in [0.1, 0.15) is 16.1 Å². The minimum atomic E-state index is -0.471. The maximum atomic E-state index is 13.0. The number of hydrogen-bond acceptors (Lipinski definition) is 7. The quantitative estimate of drug-likeness (QED) is 0.370. The van der Waals surface area contributed by atoms with Crippen LogP contribution in [-0.4, -0.2) is 38.6 Å². The van der Waals surface area contributed by atoms with Gasteiger partial charge < -0.3 is 19.8 Å². The van der Waals surface area contributed by atoms with Crippen molar-refractivity contribution in [2.75, 3.05) is 17.2 Å². The van der Waals surface area contributed by atoms with Gasteiger partial charge in [-0.3, -0.25) is 9.59 Å². The minimum Gasteiger partial charge on any atom is -0.484 e. The molecule has 5 aromatic rings. The van der Waals surface area contributed by atoms with Crippen LogP contribution in [0.5, 0.6) is 5.75 Å². The number of anilines is 2. The molecule has 2 amide bonds. The fourth-order valence-corrected chi connectivity index (χ4v) is 3.54. The van der Waals surface area contributed by atoms with Crippen molar-refractivity contribution in [1.82, 2.24) is 20.2 Å². The van der Waals surface area contributed by atoms with Crippen molar-refractivity contribution in [3.8, 4) is 11.4 Å². The number of amides is 2. The number of nitrogens with zero attached hydrogens (tertiary/aromatic N) is 4. The summed E-state index contributed by atoms with van der Waals surface area (Å²) in [4.78, 5) is 25.7. The van der Waals surface area contributed by atoms with Crippen molar-refractivity contribution >= 4 is 34.2 Å². The molecule has 0 unspecified atom stereocenters. The third-order valence-electron chi connectivity index (χ3n) is 5.16. The van der Waals surface area contributed by atoms with Crippen molar-refractivity contribution in [2.24, 2.45) is 0 Å². The Labute approximate surface area is 199 Å². The van der Waals surface area contributed by atoms with Gasteiger partial charge in [-0.25, -0.2) is 4.68 Å². The van der Waals surface area contributed by atoms with E-state index in [0.29, 0.717) is 22.4 Å². The second kappa shape index (κ2) is 9.48. The number of nitrogens with one attached hydrogen (secondary N) is 2. The van der Waals surface area contributed by atoms with Gasteiger partial charge in [-0.2, -0.15) is 0 Å². The predicted octanol–water partition coefficient (Wildman–Crippen LogP) is 3.99. The number of para-hydroxylation sites is 1. The zero-order valence-electron chi connectivity index (χ0n) is 18.6. The van der Waals surface area contributed by atoms with Gasteiger partial charge in [0.05, 0.1) is 5.69 Å².